The van der Waals surface area contributed by atoms with Crippen molar-refractivity contribution in [3.05, 3.63) is 58.7 Å². The number of carbonyl (C=O) groups excluding carboxylic acids is 3. The summed E-state index contributed by atoms with van der Waals surface area (Å²) in [5, 5.41) is 9.09. The highest BCUT2D eigenvalue weighted by Gasteiger charge is 2.25. The molecule has 0 saturated carbocycles. The van der Waals surface area contributed by atoms with Gasteiger partial charge in [0.15, 0.2) is 0 Å². The number of amidine groups is 1. The van der Waals surface area contributed by atoms with Crippen molar-refractivity contribution in [2.24, 2.45) is 4.99 Å². The number of aryl methyl sites for hydroxylation is 1. The van der Waals surface area contributed by atoms with Gasteiger partial charge in [-0.1, -0.05) is 26.0 Å². The number of benzene rings is 2. The molecule has 2 aliphatic heterocycles. The van der Waals surface area contributed by atoms with Crippen molar-refractivity contribution in [3.8, 4) is 0 Å². The van der Waals surface area contributed by atoms with Gasteiger partial charge in [0.1, 0.15) is 11.4 Å². The van der Waals surface area contributed by atoms with Gasteiger partial charge in [0.2, 0.25) is 5.91 Å². The van der Waals surface area contributed by atoms with E-state index in [0.717, 1.165) is 37.9 Å². The van der Waals surface area contributed by atoms with Gasteiger partial charge in [-0.3, -0.25) is 14.9 Å². The maximum atomic E-state index is 13.6. The van der Waals surface area contributed by atoms with Gasteiger partial charge in [0, 0.05) is 54.1 Å². The van der Waals surface area contributed by atoms with E-state index in [1.54, 1.807) is 45.0 Å². The first-order chi connectivity index (χ1) is 19.6. The highest BCUT2D eigenvalue weighted by molar-refractivity contribution is 6.10. The normalized spacial score (nSPS) is 14.3. The Morgan fingerprint density at radius 1 is 1.02 bits per heavy atom. The first-order valence-electron chi connectivity index (χ1n) is 14.5. The fraction of sp³-hybridized carbons (Fsp3) is 0.438. The summed E-state index contributed by atoms with van der Waals surface area (Å²) in [6.45, 7) is 11.6. The number of fused-ring (bicyclic) bond motifs is 2. The van der Waals surface area contributed by atoms with Crippen LogP contribution in [0.3, 0.4) is 0 Å². The molecular weight excluding hydrogens is 518 g/mol. The Morgan fingerprint density at radius 3 is 2.49 bits per heavy atom. The Hall–Kier alpha value is -4.14. The van der Waals surface area contributed by atoms with Gasteiger partial charge < -0.3 is 20.3 Å². The molecule has 0 atom stereocenters. The molecule has 41 heavy (non-hydrogen) atoms. The van der Waals surface area contributed by atoms with Crippen molar-refractivity contribution in [1.29, 1.82) is 0 Å². The topological polar surface area (TPSA) is 112 Å². The van der Waals surface area contributed by atoms with Crippen LogP contribution < -0.4 is 16.0 Å². The summed E-state index contributed by atoms with van der Waals surface area (Å²) in [6, 6.07) is 11.1. The number of hydrogen-bond donors (Lipinski definition) is 3. The van der Waals surface area contributed by atoms with E-state index in [0.29, 0.717) is 41.2 Å². The number of nitrogens with zero attached hydrogens (tertiary/aromatic N) is 2. The van der Waals surface area contributed by atoms with Crippen LogP contribution in [0, 0.1) is 0 Å². The predicted octanol–water partition coefficient (Wildman–Crippen LogP) is 6.29. The van der Waals surface area contributed by atoms with E-state index in [9.17, 15) is 14.4 Å². The second-order valence-electron chi connectivity index (χ2n) is 11.5. The van der Waals surface area contributed by atoms with Gasteiger partial charge in [-0.25, -0.2) is 9.79 Å². The van der Waals surface area contributed by atoms with Crippen LogP contribution in [0.2, 0.25) is 0 Å². The fourth-order valence-corrected chi connectivity index (χ4v) is 4.94. The molecule has 0 bridgehead atoms. The molecule has 0 saturated heterocycles. The van der Waals surface area contributed by atoms with E-state index >= 15 is 0 Å². The Bertz CT molecular complexity index is 1370. The molecule has 9 nitrogen and oxygen atoms in total. The molecule has 0 unspecified atom stereocenters. The number of hydrogen-bond acceptors (Lipinski definition) is 6. The van der Waals surface area contributed by atoms with Gasteiger partial charge in [-0.2, -0.15) is 0 Å². The van der Waals surface area contributed by atoms with Crippen LogP contribution in [0.1, 0.15) is 81.8 Å². The number of anilines is 2. The molecule has 0 fully saturated rings. The van der Waals surface area contributed by atoms with E-state index in [2.05, 4.69) is 16.0 Å². The highest BCUT2D eigenvalue weighted by Crippen LogP contribution is 2.30. The van der Waals surface area contributed by atoms with Crippen molar-refractivity contribution in [2.45, 2.75) is 72.3 Å². The van der Waals surface area contributed by atoms with Crippen molar-refractivity contribution in [1.82, 2.24) is 10.2 Å². The average molecular weight is 560 g/mol. The SMILES string of the molecule is CCCN(CCC)C(=O)C1=Cc2ccc(C(=O)Nc3ccc4c(c3)NCCC4)cc2N=C(NC(=O)OC(C)(C)C)C1. The summed E-state index contributed by atoms with van der Waals surface area (Å²) in [7, 11) is 0. The van der Waals surface area contributed by atoms with Crippen LogP contribution in [0.5, 0.6) is 0 Å². The third-order valence-corrected chi connectivity index (χ3v) is 6.74. The summed E-state index contributed by atoms with van der Waals surface area (Å²) in [5.41, 5.74) is 4.39. The molecule has 0 spiro atoms. The molecule has 2 heterocycles. The van der Waals surface area contributed by atoms with Crippen molar-refractivity contribution < 1.29 is 19.1 Å². The Kier molecular flexibility index (Phi) is 9.47. The maximum Gasteiger partial charge on any atom is 0.413 e. The van der Waals surface area contributed by atoms with Crippen molar-refractivity contribution in [3.63, 3.8) is 0 Å². The minimum Gasteiger partial charge on any atom is -0.444 e. The number of amides is 3. The number of alkyl carbamates (subject to hydrolysis) is 1. The molecule has 0 aromatic heterocycles. The number of aliphatic imine (C=N–C) groups is 1. The van der Waals surface area contributed by atoms with Crippen LogP contribution in [0.15, 0.2) is 47.0 Å². The molecule has 2 aromatic carbocycles. The molecule has 4 rings (SSSR count). The number of nitrogens with one attached hydrogen (secondary N) is 3. The van der Waals surface area contributed by atoms with Crippen LogP contribution >= 0.6 is 0 Å². The van der Waals surface area contributed by atoms with Gasteiger partial charge in [0.05, 0.1) is 5.69 Å². The molecule has 2 aliphatic rings. The first kappa shape index (κ1) is 29.8. The van der Waals surface area contributed by atoms with Gasteiger partial charge in [0.25, 0.3) is 5.91 Å². The lowest BCUT2D eigenvalue weighted by Crippen LogP contribution is -2.38. The second kappa shape index (κ2) is 13.0. The summed E-state index contributed by atoms with van der Waals surface area (Å²) in [6.07, 6.45) is 5.07. The van der Waals surface area contributed by atoms with Crippen LogP contribution in [0.25, 0.3) is 6.08 Å². The van der Waals surface area contributed by atoms with Crippen molar-refractivity contribution >= 4 is 46.9 Å². The summed E-state index contributed by atoms with van der Waals surface area (Å²) in [5.74, 6) is -0.0889. The first-order valence-corrected chi connectivity index (χ1v) is 14.5. The van der Waals surface area contributed by atoms with Crippen molar-refractivity contribution in [2.75, 3.05) is 30.3 Å². The van der Waals surface area contributed by atoms with Crippen LogP contribution in [0.4, 0.5) is 21.9 Å². The monoisotopic (exact) mass is 559 g/mol. The number of ether oxygens (including phenoxy) is 1. The summed E-state index contributed by atoms with van der Waals surface area (Å²) >= 11 is 0. The Morgan fingerprint density at radius 2 is 1.78 bits per heavy atom. The molecule has 3 N–H and O–H groups in total. The smallest absolute Gasteiger partial charge is 0.413 e. The Balaban J connectivity index is 1.64. The molecule has 2 aromatic rings. The predicted molar refractivity (Wildman–Crippen MR) is 164 cm³/mol. The molecule has 0 aliphatic carbocycles. The third kappa shape index (κ3) is 7.96. The van der Waals surface area contributed by atoms with E-state index in [1.165, 1.54) is 5.56 Å². The highest BCUT2D eigenvalue weighted by atomic mass is 16.6. The van der Waals surface area contributed by atoms with Crippen LogP contribution in [-0.4, -0.2) is 53.9 Å². The molecule has 3 amide bonds. The summed E-state index contributed by atoms with van der Waals surface area (Å²) in [4.78, 5) is 46.0. The lowest BCUT2D eigenvalue weighted by atomic mass is 10.0. The van der Waals surface area contributed by atoms with E-state index in [-0.39, 0.29) is 24.1 Å². The molecule has 218 valence electrons. The average Bonchev–Trinajstić information content (AvgIpc) is 3.09. The molecule has 0 radical (unpaired) electrons. The largest absolute Gasteiger partial charge is 0.444 e. The zero-order valence-electron chi connectivity index (χ0n) is 24.7. The third-order valence-electron chi connectivity index (χ3n) is 6.74. The van der Waals surface area contributed by atoms with Crippen LogP contribution in [-0.2, 0) is 16.0 Å². The zero-order chi connectivity index (χ0) is 29.6. The second-order valence-corrected chi connectivity index (χ2v) is 11.5. The fourth-order valence-electron chi connectivity index (χ4n) is 4.94. The number of rotatable bonds is 7. The lowest BCUT2D eigenvalue weighted by molar-refractivity contribution is -0.127. The molecule has 9 heteroatoms. The quantitative estimate of drug-likeness (QED) is 0.369. The Labute approximate surface area is 242 Å². The van der Waals surface area contributed by atoms with Gasteiger partial charge >= 0.3 is 6.09 Å². The van der Waals surface area contributed by atoms with Gasteiger partial charge in [-0.05, 0) is 82.4 Å². The number of carbonyl (C=O) groups is 3. The standard InChI is InChI=1S/C32H41N5O4/c1-6-15-37(16-7-2)30(39)24-17-22-10-11-23(18-27(22)35-28(19-24)36-31(40)41-32(3,4)5)29(38)34-25-13-12-21-9-8-14-33-26(21)20-25/h10-13,17-18,20,33H,6-9,14-16,19H2,1-5H3,(H,34,38)(H,35,36,40). The minimum atomic E-state index is -0.696. The zero-order valence-corrected chi connectivity index (χ0v) is 24.7. The van der Waals surface area contributed by atoms with Gasteiger partial charge in [-0.15, -0.1) is 0 Å². The van der Waals surface area contributed by atoms with E-state index < -0.39 is 11.7 Å². The van der Waals surface area contributed by atoms with E-state index in [4.69, 9.17) is 9.73 Å². The molecular formula is C32H41N5O4. The summed E-state index contributed by atoms with van der Waals surface area (Å²) < 4.78 is 5.44. The minimum absolute atomic E-state index is 0.0944. The lowest BCUT2D eigenvalue weighted by Gasteiger charge is -2.23. The maximum absolute atomic E-state index is 13.6. The van der Waals surface area contributed by atoms with E-state index in [1.807, 2.05) is 36.9 Å².